The molecule has 1 aromatic rings. The molecular weight excluding hydrogens is 292 g/mol. The Labute approximate surface area is 139 Å². The van der Waals surface area contributed by atoms with Crippen LogP contribution in [0.5, 0.6) is 5.75 Å². The average molecular weight is 322 g/mol. The molecule has 5 heteroatoms. The van der Waals surface area contributed by atoms with Gasteiger partial charge in [0.05, 0.1) is 12.8 Å². The fourth-order valence-electron chi connectivity index (χ4n) is 2.16. The van der Waals surface area contributed by atoms with E-state index in [2.05, 4.69) is 24.5 Å². The first kappa shape index (κ1) is 19.1. The van der Waals surface area contributed by atoms with Crippen LogP contribution in [0, 0.1) is 5.92 Å². The van der Waals surface area contributed by atoms with Crippen molar-refractivity contribution in [1.82, 2.24) is 0 Å². The number of hydrogen-bond donors (Lipinski definition) is 2. The third-order valence-electron chi connectivity index (χ3n) is 3.59. The monoisotopic (exact) mass is 322 g/mol. The van der Waals surface area contributed by atoms with Gasteiger partial charge in [0, 0.05) is 18.3 Å². The van der Waals surface area contributed by atoms with Gasteiger partial charge in [-0.1, -0.05) is 26.7 Å². The average Bonchev–Trinajstić information content (AvgIpc) is 2.47. The number of amides is 1. The van der Waals surface area contributed by atoms with E-state index in [0.717, 1.165) is 25.1 Å². The zero-order valence-electron chi connectivity index (χ0n) is 15.2. The maximum Gasteiger partial charge on any atom is 0.412 e. The molecule has 0 spiro atoms. The number of nitrogens with one attached hydrogen (secondary N) is 2. The normalized spacial score (nSPS) is 11.3. The highest BCUT2D eigenvalue weighted by molar-refractivity contribution is 5.87. The van der Waals surface area contributed by atoms with Crippen molar-refractivity contribution in [2.24, 2.45) is 5.92 Å². The van der Waals surface area contributed by atoms with E-state index in [0.29, 0.717) is 17.4 Å². The van der Waals surface area contributed by atoms with Crippen molar-refractivity contribution >= 4 is 17.5 Å². The minimum absolute atomic E-state index is 0.492. The Kier molecular flexibility index (Phi) is 7.20. The SMILES string of the molecule is CCC(CC)CNc1ccc(NC(=O)OC(C)(C)C)c(OC)c1. The second-order valence-electron chi connectivity index (χ2n) is 6.61. The Hall–Kier alpha value is -1.91. The van der Waals surface area contributed by atoms with E-state index in [9.17, 15) is 4.79 Å². The highest BCUT2D eigenvalue weighted by Gasteiger charge is 2.17. The molecule has 0 radical (unpaired) electrons. The Balaban J connectivity index is 2.74. The molecule has 1 rings (SSSR count). The molecule has 130 valence electrons. The molecule has 0 aliphatic carbocycles. The van der Waals surface area contributed by atoms with Gasteiger partial charge in [-0.25, -0.2) is 4.79 Å². The summed E-state index contributed by atoms with van der Waals surface area (Å²) in [6, 6.07) is 5.63. The highest BCUT2D eigenvalue weighted by atomic mass is 16.6. The van der Waals surface area contributed by atoms with Crippen LogP contribution in [-0.4, -0.2) is 25.3 Å². The minimum Gasteiger partial charge on any atom is -0.494 e. The molecule has 1 aromatic carbocycles. The van der Waals surface area contributed by atoms with Gasteiger partial charge in [-0.05, 0) is 38.8 Å². The third-order valence-corrected chi connectivity index (χ3v) is 3.59. The number of rotatable bonds is 7. The van der Waals surface area contributed by atoms with Crippen molar-refractivity contribution < 1.29 is 14.3 Å². The molecule has 0 unspecified atom stereocenters. The van der Waals surface area contributed by atoms with Crippen LogP contribution in [0.25, 0.3) is 0 Å². The Bertz CT molecular complexity index is 505. The molecule has 0 aliphatic rings. The summed E-state index contributed by atoms with van der Waals surface area (Å²) in [4.78, 5) is 11.9. The van der Waals surface area contributed by atoms with Crippen LogP contribution in [0.3, 0.4) is 0 Å². The highest BCUT2D eigenvalue weighted by Crippen LogP contribution is 2.28. The lowest BCUT2D eigenvalue weighted by molar-refractivity contribution is 0.0635. The summed E-state index contributed by atoms with van der Waals surface area (Å²) in [5.41, 5.74) is 1.03. The van der Waals surface area contributed by atoms with Gasteiger partial charge in [0.2, 0.25) is 0 Å². The van der Waals surface area contributed by atoms with Crippen molar-refractivity contribution in [3.05, 3.63) is 18.2 Å². The van der Waals surface area contributed by atoms with Crippen molar-refractivity contribution in [3.63, 3.8) is 0 Å². The number of anilines is 2. The van der Waals surface area contributed by atoms with E-state index in [-0.39, 0.29) is 0 Å². The molecule has 0 saturated heterocycles. The Morgan fingerprint density at radius 3 is 2.39 bits per heavy atom. The number of methoxy groups -OCH3 is 1. The quantitative estimate of drug-likeness (QED) is 0.750. The molecule has 0 saturated carbocycles. The van der Waals surface area contributed by atoms with Gasteiger partial charge in [-0.15, -0.1) is 0 Å². The zero-order chi connectivity index (χ0) is 17.5. The maximum absolute atomic E-state index is 11.9. The van der Waals surface area contributed by atoms with E-state index in [1.54, 1.807) is 7.11 Å². The van der Waals surface area contributed by atoms with Crippen molar-refractivity contribution in [3.8, 4) is 5.75 Å². The first-order valence-corrected chi connectivity index (χ1v) is 8.21. The van der Waals surface area contributed by atoms with E-state index < -0.39 is 11.7 Å². The van der Waals surface area contributed by atoms with E-state index in [1.165, 1.54) is 0 Å². The standard InChI is InChI=1S/C18H30N2O3/c1-7-13(8-2)12-19-14-9-10-15(16(11-14)22-6)20-17(21)23-18(3,4)5/h9-11,13,19H,7-8,12H2,1-6H3,(H,20,21). The third kappa shape index (κ3) is 6.80. The lowest BCUT2D eigenvalue weighted by Crippen LogP contribution is -2.27. The van der Waals surface area contributed by atoms with Gasteiger partial charge in [-0.2, -0.15) is 0 Å². The van der Waals surface area contributed by atoms with Crippen molar-refractivity contribution in [1.29, 1.82) is 0 Å². The van der Waals surface area contributed by atoms with Gasteiger partial charge in [-0.3, -0.25) is 5.32 Å². The van der Waals surface area contributed by atoms with Gasteiger partial charge >= 0.3 is 6.09 Å². The summed E-state index contributed by atoms with van der Waals surface area (Å²) in [5, 5.41) is 6.13. The van der Waals surface area contributed by atoms with Crippen LogP contribution in [0.2, 0.25) is 0 Å². The fourth-order valence-corrected chi connectivity index (χ4v) is 2.16. The number of benzene rings is 1. The molecule has 0 aromatic heterocycles. The lowest BCUT2D eigenvalue weighted by Gasteiger charge is -2.20. The van der Waals surface area contributed by atoms with Gasteiger partial charge in [0.25, 0.3) is 0 Å². The van der Waals surface area contributed by atoms with Crippen molar-refractivity contribution in [2.45, 2.75) is 53.1 Å². The molecular formula is C18H30N2O3. The summed E-state index contributed by atoms with van der Waals surface area (Å²) in [6.45, 7) is 10.8. The minimum atomic E-state index is -0.534. The first-order valence-electron chi connectivity index (χ1n) is 8.21. The smallest absolute Gasteiger partial charge is 0.412 e. The van der Waals surface area contributed by atoms with Crippen LogP contribution in [-0.2, 0) is 4.74 Å². The summed E-state index contributed by atoms with van der Waals surface area (Å²) in [7, 11) is 1.58. The summed E-state index contributed by atoms with van der Waals surface area (Å²) < 4.78 is 10.6. The van der Waals surface area contributed by atoms with Crippen LogP contribution in [0.15, 0.2) is 18.2 Å². The zero-order valence-corrected chi connectivity index (χ0v) is 15.2. The number of hydrogen-bond acceptors (Lipinski definition) is 4. The summed E-state index contributed by atoms with van der Waals surface area (Å²) in [6.07, 6.45) is 1.81. The largest absolute Gasteiger partial charge is 0.494 e. The number of carbonyl (C=O) groups excluding carboxylic acids is 1. The fraction of sp³-hybridized carbons (Fsp3) is 0.611. The second-order valence-corrected chi connectivity index (χ2v) is 6.61. The molecule has 23 heavy (non-hydrogen) atoms. The second kappa shape index (κ2) is 8.65. The Morgan fingerprint density at radius 1 is 1.22 bits per heavy atom. The van der Waals surface area contributed by atoms with Gasteiger partial charge < -0.3 is 14.8 Å². The predicted octanol–water partition coefficient (Wildman–Crippen LogP) is 4.89. The molecule has 0 fully saturated rings. The Morgan fingerprint density at radius 2 is 1.87 bits per heavy atom. The van der Waals surface area contributed by atoms with E-state index >= 15 is 0 Å². The van der Waals surface area contributed by atoms with Crippen LogP contribution in [0.4, 0.5) is 16.2 Å². The van der Waals surface area contributed by atoms with E-state index in [4.69, 9.17) is 9.47 Å². The summed E-state index contributed by atoms with van der Waals surface area (Å²) >= 11 is 0. The van der Waals surface area contributed by atoms with Crippen LogP contribution < -0.4 is 15.4 Å². The van der Waals surface area contributed by atoms with Crippen molar-refractivity contribution in [2.75, 3.05) is 24.3 Å². The van der Waals surface area contributed by atoms with E-state index in [1.807, 2.05) is 39.0 Å². The maximum atomic E-state index is 11.9. The summed E-state index contributed by atoms with van der Waals surface area (Å²) in [5.74, 6) is 1.26. The molecule has 1 amide bonds. The molecule has 0 atom stereocenters. The van der Waals surface area contributed by atoms with Crippen LogP contribution in [0.1, 0.15) is 47.5 Å². The molecule has 0 heterocycles. The molecule has 0 aliphatic heterocycles. The molecule has 0 bridgehead atoms. The van der Waals surface area contributed by atoms with Crippen LogP contribution >= 0.6 is 0 Å². The first-order chi connectivity index (χ1) is 10.8. The number of carbonyl (C=O) groups is 1. The van der Waals surface area contributed by atoms with Gasteiger partial charge in [0.15, 0.2) is 0 Å². The molecule has 2 N–H and O–H groups in total. The van der Waals surface area contributed by atoms with Gasteiger partial charge in [0.1, 0.15) is 11.4 Å². The lowest BCUT2D eigenvalue weighted by atomic mass is 10.0. The number of ether oxygens (including phenoxy) is 2. The predicted molar refractivity (Wildman–Crippen MR) is 95.4 cm³/mol. The topological polar surface area (TPSA) is 59.6 Å². The molecule has 5 nitrogen and oxygen atoms in total.